The summed E-state index contributed by atoms with van der Waals surface area (Å²) in [6, 6.07) is 6.87. The van der Waals surface area contributed by atoms with E-state index in [-0.39, 0.29) is 10.6 Å². The molecule has 2 rings (SSSR count). The van der Waals surface area contributed by atoms with E-state index in [9.17, 15) is 4.39 Å². The molecule has 0 radical (unpaired) electrons. The summed E-state index contributed by atoms with van der Waals surface area (Å²) in [7, 11) is 0. The van der Waals surface area contributed by atoms with Gasteiger partial charge in [-0.2, -0.15) is 0 Å². The number of hydrogen-bond donors (Lipinski definition) is 0. The molecule has 0 aliphatic heterocycles. The van der Waals surface area contributed by atoms with Crippen LogP contribution in [0.25, 0.3) is 0 Å². The SMILES string of the molecule is Cc1cc(C(Br)c2ccc(Cl)cc2F)c(C)s1. The second kappa shape index (κ2) is 5.09. The molecular formula is C13H11BrClFS. The van der Waals surface area contributed by atoms with Crippen LogP contribution in [-0.2, 0) is 0 Å². The van der Waals surface area contributed by atoms with Crippen molar-refractivity contribution in [1.82, 2.24) is 0 Å². The molecule has 0 nitrogen and oxygen atoms in total. The predicted molar refractivity (Wildman–Crippen MR) is 76.0 cm³/mol. The van der Waals surface area contributed by atoms with Crippen molar-refractivity contribution in [3.63, 3.8) is 0 Å². The summed E-state index contributed by atoms with van der Waals surface area (Å²) in [4.78, 5) is 2.32. The number of aryl methyl sites for hydroxylation is 2. The van der Waals surface area contributed by atoms with E-state index in [1.54, 1.807) is 23.5 Å². The van der Waals surface area contributed by atoms with Gasteiger partial charge in [-0.15, -0.1) is 11.3 Å². The Morgan fingerprint density at radius 2 is 1.94 bits per heavy atom. The van der Waals surface area contributed by atoms with Crippen molar-refractivity contribution in [3.8, 4) is 0 Å². The van der Waals surface area contributed by atoms with Crippen LogP contribution in [0.1, 0.15) is 25.7 Å². The van der Waals surface area contributed by atoms with Gasteiger partial charge < -0.3 is 0 Å². The van der Waals surface area contributed by atoms with Gasteiger partial charge in [0.2, 0.25) is 0 Å². The maximum atomic E-state index is 13.8. The second-order valence-corrected chi connectivity index (χ2v) is 6.71. The lowest BCUT2D eigenvalue weighted by Crippen LogP contribution is -1.96. The number of halogens is 3. The quantitative estimate of drug-likeness (QED) is 0.624. The van der Waals surface area contributed by atoms with Gasteiger partial charge in [-0.3, -0.25) is 0 Å². The van der Waals surface area contributed by atoms with E-state index in [0.29, 0.717) is 10.6 Å². The zero-order valence-corrected chi connectivity index (χ0v) is 12.6. The van der Waals surface area contributed by atoms with Gasteiger partial charge in [0.05, 0.1) is 4.83 Å². The molecule has 0 aliphatic rings. The van der Waals surface area contributed by atoms with Crippen LogP contribution in [0.5, 0.6) is 0 Å². The van der Waals surface area contributed by atoms with Gasteiger partial charge in [0, 0.05) is 20.3 Å². The Morgan fingerprint density at radius 3 is 2.47 bits per heavy atom. The third-order valence-corrected chi connectivity index (χ3v) is 4.79. The number of alkyl halides is 1. The maximum Gasteiger partial charge on any atom is 0.129 e. The molecule has 0 saturated carbocycles. The summed E-state index contributed by atoms with van der Waals surface area (Å²) in [6.45, 7) is 4.11. The van der Waals surface area contributed by atoms with E-state index in [4.69, 9.17) is 11.6 Å². The number of benzene rings is 1. The first-order valence-corrected chi connectivity index (χ1v) is 7.26. The average Bonchev–Trinajstić information content (AvgIpc) is 2.57. The molecular weight excluding hydrogens is 323 g/mol. The fourth-order valence-corrected chi connectivity index (χ4v) is 3.90. The van der Waals surface area contributed by atoms with Crippen molar-refractivity contribution in [3.05, 3.63) is 56.0 Å². The van der Waals surface area contributed by atoms with Gasteiger partial charge in [0.15, 0.2) is 0 Å². The van der Waals surface area contributed by atoms with E-state index in [1.165, 1.54) is 15.8 Å². The van der Waals surface area contributed by atoms with Gasteiger partial charge in [0.1, 0.15) is 5.82 Å². The van der Waals surface area contributed by atoms with Gasteiger partial charge in [-0.1, -0.05) is 33.6 Å². The molecule has 4 heteroatoms. The standard InChI is InChI=1S/C13H11BrClFS/c1-7-5-11(8(2)17-7)13(14)10-4-3-9(15)6-12(10)16/h3-6,13H,1-2H3. The van der Waals surface area contributed by atoms with Crippen LogP contribution in [0.4, 0.5) is 4.39 Å². The zero-order valence-electron chi connectivity index (χ0n) is 9.43. The summed E-state index contributed by atoms with van der Waals surface area (Å²) in [5, 5.41) is 0.421. The van der Waals surface area contributed by atoms with Gasteiger partial charge in [-0.05, 0) is 37.6 Å². The molecule has 0 fully saturated rings. The van der Waals surface area contributed by atoms with E-state index in [2.05, 4.69) is 35.8 Å². The van der Waals surface area contributed by atoms with Crippen molar-refractivity contribution in [2.75, 3.05) is 0 Å². The van der Waals surface area contributed by atoms with Crippen molar-refractivity contribution in [2.24, 2.45) is 0 Å². The van der Waals surface area contributed by atoms with E-state index < -0.39 is 0 Å². The molecule has 0 amide bonds. The number of hydrogen-bond acceptors (Lipinski definition) is 1. The van der Waals surface area contributed by atoms with Crippen molar-refractivity contribution in [2.45, 2.75) is 18.7 Å². The third kappa shape index (κ3) is 2.72. The zero-order chi connectivity index (χ0) is 12.6. The summed E-state index contributed by atoms with van der Waals surface area (Å²) >= 11 is 11.0. The van der Waals surface area contributed by atoms with Crippen LogP contribution in [0.2, 0.25) is 5.02 Å². The van der Waals surface area contributed by atoms with Crippen molar-refractivity contribution < 1.29 is 4.39 Å². The Hall–Kier alpha value is -0.380. The Kier molecular flexibility index (Phi) is 3.91. The molecule has 2 aromatic rings. The average molecular weight is 334 g/mol. The Morgan fingerprint density at radius 1 is 1.24 bits per heavy atom. The highest BCUT2D eigenvalue weighted by Gasteiger charge is 2.18. The van der Waals surface area contributed by atoms with Gasteiger partial charge in [-0.25, -0.2) is 4.39 Å². The molecule has 0 N–H and O–H groups in total. The van der Waals surface area contributed by atoms with E-state index in [1.807, 2.05) is 0 Å². The molecule has 0 aliphatic carbocycles. The van der Waals surface area contributed by atoms with Crippen molar-refractivity contribution >= 4 is 38.9 Å². The third-order valence-electron chi connectivity index (χ3n) is 2.59. The molecule has 0 spiro atoms. The lowest BCUT2D eigenvalue weighted by molar-refractivity contribution is 0.613. The second-order valence-electron chi connectivity index (χ2n) is 3.90. The maximum absolute atomic E-state index is 13.8. The normalized spacial score (nSPS) is 12.8. The minimum atomic E-state index is -0.275. The van der Waals surface area contributed by atoms with Crippen LogP contribution in [-0.4, -0.2) is 0 Å². The number of thiophene rings is 1. The van der Waals surface area contributed by atoms with Gasteiger partial charge >= 0.3 is 0 Å². The van der Waals surface area contributed by atoms with E-state index in [0.717, 1.165) is 5.56 Å². The van der Waals surface area contributed by atoms with Crippen molar-refractivity contribution in [1.29, 1.82) is 0 Å². The molecule has 1 heterocycles. The number of rotatable bonds is 2. The van der Waals surface area contributed by atoms with Crippen LogP contribution < -0.4 is 0 Å². The first-order chi connectivity index (χ1) is 7.99. The summed E-state index contributed by atoms with van der Waals surface area (Å²) in [5.74, 6) is -0.275. The smallest absolute Gasteiger partial charge is 0.129 e. The fraction of sp³-hybridized carbons (Fsp3) is 0.231. The summed E-state index contributed by atoms with van der Waals surface area (Å²) in [5.41, 5.74) is 1.74. The highest BCUT2D eigenvalue weighted by Crippen LogP contribution is 2.38. The topological polar surface area (TPSA) is 0 Å². The van der Waals surface area contributed by atoms with Crippen LogP contribution in [0.3, 0.4) is 0 Å². The molecule has 90 valence electrons. The fourth-order valence-electron chi connectivity index (χ4n) is 1.78. The summed E-state index contributed by atoms with van der Waals surface area (Å²) in [6.07, 6.45) is 0. The van der Waals surface area contributed by atoms with Crippen LogP contribution in [0.15, 0.2) is 24.3 Å². The Balaban J connectivity index is 2.43. The van der Waals surface area contributed by atoms with Crippen LogP contribution in [0, 0.1) is 19.7 Å². The van der Waals surface area contributed by atoms with E-state index >= 15 is 0 Å². The molecule has 1 unspecified atom stereocenters. The first-order valence-electron chi connectivity index (χ1n) is 5.15. The molecule has 0 saturated heterocycles. The molecule has 1 aromatic heterocycles. The molecule has 17 heavy (non-hydrogen) atoms. The first kappa shape index (κ1) is 13.1. The Bertz CT molecular complexity index is 550. The molecule has 1 aromatic carbocycles. The minimum absolute atomic E-state index is 0.121. The lowest BCUT2D eigenvalue weighted by atomic mass is 10.0. The largest absolute Gasteiger partial charge is 0.207 e. The highest BCUT2D eigenvalue weighted by atomic mass is 79.9. The molecule has 1 atom stereocenters. The van der Waals surface area contributed by atoms with Crippen LogP contribution >= 0.6 is 38.9 Å². The summed E-state index contributed by atoms with van der Waals surface area (Å²) < 4.78 is 13.8. The monoisotopic (exact) mass is 332 g/mol. The molecule has 0 bridgehead atoms. The van der Waals surface area contributed by atoms with Gasteiger partial charge in [0.25, 0.3) is 0 Å². The predicted octanol–water partition coefficient (Wildman–Crippen LogP) is 5.64. The highest BCUT2D eigenvalue weighted by molar-refractivity contribution is 9.09. The minimum Gasteiger partial charge on any atom is -0.207 e. The Labute approximate surface area is 118 Å². The lowest BCUT2D eigenvalue weighted by Gasteiger charge is -2.11.